The first-order valence-electron chi connectivity index (χ1n) is 9.09. The van der Waals surface area contributed by atoms with E-state index in [4.69, 9.17) is 0 Å². The van der Waals surface area contributed by atoms with Gasteiger partial charge in [0.25, 0.3) is 11.5 Å². The van der Waals surface area contributed by atoms with Crippen LogP contribution in [-0.2, 0) is 6.54 Å². The van der Waals surface area contributed by atoms with E-state index >= 15 is 0 Å². The summed E-state index contributed by atoms with van der Waals surface area (Å²) in [5, 5.41) is 22.9. The summed E-state index contributed by atoms with van der Waals surface area (Å²) in [5.41, 5.74) is 0.269. The molecule has 3 aromatic rings. The number of para-hydroxylation sites is 2. The Bertz CT molecular complexity index is 1140. The van der Waals surface area contributed by atoms with Gasteiger partial charge in [-0.05, 0) is 36.6 Å². The standard InChI is InChI=1S/C22H21N3O3/c1-14(2)11-12-25-18-10-6-4-8-16(18)20(26)19(22(25)28)21(27)24-17-9-5-3-7-15(17)13-23/h3-10,14,26H,11-12H2,1-2H3,(H,24,27). The minimum absolute atomic E-state index is 0.274. The van der Waals surface area contributed by atoms with Crippen LogP contribution in [-0.4, -0.2) is 15.6 Å². The van der Waals surface area contributed by atoms with Crippen LogP contribution in [0.3, 0.4) is 0 Å². The van der Waals surface area contributed by atoms with Crippen LogP contribution in [0.2, 0.25) is 0 Å². The summed E-state index contributed by atoms with van der Waals surface area (Å²) < 4.78 is 1.53. The number of rotatable bonds is 5. The number of hydrogen-bond acceptors (Lipinski definition) is 4. The molecule has 2 N–H and O–H groups in total. The molecule has 0 fully saturated rings. The molecular formula is C22H21N3O3. The summed E-state index contributed by atoms with van der Waals surface area (Å²) in [7, 11) is 0. The van der Waals surface area contributed by atoms with E-state index in [0.717, 1.165) is 6.42 Å². The molecule has 0 atom stereocenters. The Kier molecular flexibility index (Phi) is 5.46. The number of pyridine rings is 1. The second-order valence-electron chi connectivity index (χ2n) is 6.99. The predicted molar refractivity (Wildman–Crippen MR) is 108 cm³/mol. The Balaban J connectivity index is 2.13. The molecule has 1 amide bonds. The molecule has 1 aromatic heterocycles. The zero-order chi connectivity index (χ0) is 20.3. The van der Waals surface area contributed by atoms with Gasteiger partial charge in [0.05, 0.1) is 16.8 Å². The van der Waals surface area contributed by atoms with Gasteiger partial charge in [0.15, 0.2) is 0 Å². The number of amides is 1. The Morgan fingerprint density at radius 3 is 2.57 bits per heavy atom. The Morgan fingerprint density at radius 1 is 1.18 bits per heavy atom. The third-order valence-electron chi connectivity index (χ3n) is 4.60. The van der Waals surface area contributed by atoms with Gasteiger partial charge in [0, 0.05) is 11.9 Å². The van der Waals surface area contributed by atoms with Gasteiger partial charge in [-0.25, -0.2) is 0 Å². The van der Waals surface area contributed by atoms with Crippen molar-refractivity contribution in [2.45, 2.75) is 26.8 Å². The van der Waals surface area contributed by atoms with Crippen molar-refractivity contribution in [3.63, 3.8) is 0 Å². The van der Waals surface area contributed by atoms with E-state index in [9.17, 15) is 20.0 Å². The second-order valence-corrected chi connectivity index (χ2v) is 6.99. The van der Waals surface area contributed by atoms with Gasteiger partial charge < -0.3 is 15.0 Å². The zero-order valence-corrected chi connectivity index (χ0v) is 15.8. The van der Waals surface area contributed by atoms with Crippen molar-refractivity contribution in [1.82, 2.24) is 4.57 Å². The Morgan fingerprint density at radius 2 is 1.86 bits per heavy atom. The van der Waals surface area contributed by atoms with E-state index in [0.29, 0.717) is 23.4 Å². The maximum absolute atomic E-state index is 13.1. The lowest BCUT2D eigenvalue weighted by Crippen LogP contribution is -2.30. The highest BCUT2D eigenvalue weighted by Gasteiger charge is 2.23. The summed E-state index contributed by atoms with van der Waals surface area (Å²) >= 11 is 0. The van der Waals surface area contributed by atoms with Crippen LogP contribution in [0, 0.1) is 17.2 Å². The van der Waals surface area contributed by atoms with E-state index in [1.165, 1.54) is 4.57 Å². The van der Waals surface area contributed by atoms with Crippen LogP contribution >= 0.6 is 0 Å². The van der Waals surface area contributed by atoms with Gasteiger partial charge in [-0.1, -0.05) is 38.1 Å². The molecular weight excluding hydrogens is 354 g/mol. The van der Waals surface area contributed by atoms with Crippen molar-refractivity contribution >= 4 is 22.5 Å². The van der Waals surface area contributed by atoms with Crippen molar-refractivity contribution in [1.29, 1.82) is 5.26 Å². The fourth-order valence-electron chi connectivity index (χ4n) is 3.08. The number of nitrogens with one attached hydrogen (secondary N) is 1. The summed E-state index contributed by atoms with van der Waals surface area (Å²) in [5.74, 6) is -0.721. The molecule has 6 nitrogen and oxygen atoms in total. The number of fused-ring (bicyclic) bond motifs is 1. The highest BCUT2D eigenvalue weighted by atomic mass is 16.3. The smallest absolute Gasteiger partial charge is 0.267 e. The van der Waals surface area contributed by atoms with Crippen molar-refractivity contribution in [3.05, 3.63) is 70.0 Å². The molecule has 0 unspecified atom stereocenters. The molecule has 0 spiro atoms. The Labute approximate surface area is 162 Å². The van der Waals surface area contributed by atoms with Crippen LogP contribution < -0.4 is 10.9 Å². The minimum Gasteiger partial charge on any atom is -0.506 e. The van der Waals surface area contributed by atoms with Crippen molar-refractivity contribution < 1.29 is 9.90 Å². The number of nitrogens with zero attached hydrogens (tertiary/aromatic N) is 2. The number of nitriles is 1. The molecule has 0 saturated carbocycles. The lowest BCUT2D eigenvalue weighted by atomic mass is 10.1. The first-order chi connectivity index (χ1) is 13.4. The van der Waals surface area contributed by atoms with Gasteiger partial charge in [-0.2, -0.15) is 5.26 Å². The molecule has 28 heavy (non-hydrogen) atoms. The normalized spacial score (nSPS) is 10.8. The molecule has 0 aliphatic heterocycles. The fraction of sp³-hybridized carbons (Fsp3) is 0.227. The number of carbonyl (C=O) groups excluding carboxylic acids is 1. The topological polar surface area (TPSA) is 95.1 Å². The predicted octanol–water partition coefficient (Wildman–Crippen LogP) is 3.88. The van der Waals surface area contributed by atoms with Crippen molar-refractivity contribution in [2.75, 3.05) is 5.32 Å². The summed E-state index contributed by atoms with van der Waals surface area (Å²) in [6, 6.07) is 15.5. The van der Waals surface area contributed by atoms with Crippen molar-refractivity contribution in [2.24, 2.45) is 5.92 Å². The van der Waals surface area contributed by atoms with Crippen LogP contribution in [0.5, 0.6) is 5.75 Å². The van der Waals surface area contributed by atoms with Gasteiger partial charge in [0.2, 0.25) is 0 Å². The lowest BCUT2D eigenvalue weighted by Gasteiger charge is -2.16. The first-order valence-corrected chi connectivity index (χ1v) is 9.09. The Hall–Kier alpha value is -3.59. The summed E-state index contributed by atoms with van der Waals surface area (Å²) in [4.78, 5) is 25.9. The molecule has 0 saturated heterocycles. The number of anilines is 1. The monoisotopic (exact) mass is 375 g/mol. The number of carbonyl (C=O) groups is 1. The molecule has 3 rings (SSSR count). The van der Waals surface area contributed by atoms with Crippen LogP contribution in [0.4, 0.5) is 5.69 Å². The van der Waals surface area contributed by atoms with E-state index < -0.39 is 11.5 Å². The van der Waals surface area contributed by atoms with Gasteiger partial charge in [0.1, 0.15) is 17.4 Å². The maximum atomic E-state index is 13.1. The third-order valence-corrected chi connectivity index (χ3v) is 4.60. The molecule has 0 aliphatic rings. The minimum atomic E-state index is -0.741. The molecule has 1 heterocycles. The molecule has 142 valence electrons. The highest BCUT2D eigenvalue weighted by molar-refractivity contribution is 6.09. The van der Waals surface area contributed by atoms with E-state index in [1.54, 1.807) is 48.5 Å². The number of benzene rings is 2. The van der Waals surface area contributed by atoms with Crippen LogP contribution in [0.25, 0.3) is 10.9 Å². The molecule has 0 radical (unpaired) electrons. The van der Waals surface area contributed by atoms with E-state index in [1.807, 2.05) is 6.07 Å². The highest BCUT2D eigenvalue weighted by Crippen LogP contribution is 2.27. The molecule has 0 aliphatic carbocycles. The lowest BCUT2D eigenvalue weighted by molar-refractivity contribution is 0.102. The summed E-state index contributed by atoms with van der Waals surface area (Å²) in [6.45, 7) is 4.55. The van der Waals surface area contributed by atoms with Crippen molar-refractivity contribution in [3.8, 4) is 11.8 Å². The van der Waals surface area contributed by atoms with Crippen LogP contribution in [0.15, 0.2) is 53.3 Å². The van der Waals surface area contributed by atoms with E-state index in [2.05, 4.69) is 19.2 Å². The number of hydrogen-bond donors (Lipinski definition) is 2. The quantitative estimate of drug-likeness (QED) is 0.707. The molecule has 0 bridgehead atoms. The maximum Gasteiger partial charge on any atom is 0.267 e. The number of aromatic hydroxyl groups is 1. The van der Waals surface area contributed by atoms with Gasteiger partial charge in [-0.3, -0.25) is 9.59 Å². The fourth-order valence-corrected chi connectivity index (χ4v) is 3.08. The second kappa shape index (κ2) is 7.97. The first kappa shape index (κ1) is 19.2. The van der Waals surface area contributed by atoms with Crippen LogP contribution in [0.1, 0.15) is 36.2 Å². The average Bonchev–Trinajstić information content (AvgIpc) is 2.68. The summed E-state index contributed by atoms with van der Waals surface area (Å²) in [6.07, 6.45) is 0.757. The zero-order valence-electron chi connectivity index (χ0n) is 15.8. The average molecular weight is 375 g/mol. The molecule has 2 aromatic carbocycles. The van der Waals surface area contributed by atoms with Gasteiger partial charge >= 0.3 is 0 Å². The third kappa shape index (κ3) is 3.60. The largest absolute Gasteiger partial charge is 0.506 e. The molecule has 6 heteroatoms. The number of aryl methyl sites for hydroxylation is 1. The van der Waals surface area contributed by atoms with E-state index in [-0.39, 0.29) is 22.6 Å². The van der Waals surface area contributed by atoms with Gasteiger partial charge in [-0.15, -0.1) is 0 Å². The SMILES string of the molecule is CC(C)CCn1c(=O)c(C(=O)Nc2ccccc2C#N)c(O)c2ccccc21. The number of aromatic nitrogens is 1.